The predicted molar refractivity (Wildman–Crippen MR) is 127 cm³/mol. The second-order valence-corrected chi connectivity index (χ2v) is 9.74. The fraction of sp³-hybridized carbons (Fsp3) is 0.391. The van der Waals surface area contributed by atoms with Gasteiger partial charge in [-0.2, -0.15) is 0 Å². The van der Waals surface area contributed by atoms with Crippen LogP contribution >= 0.6 is 24.0 Å². The number of hydrogen-bond acceptors (Lipinski definition) is 7. The quantitative estimate of drug-likeness (QED) is 0.475. The fourth-order valence-electron chi connectivity index (χ4n) is 3.87. The van der Waals surface area contributed by atoms with Crippen LogP contribution in [-0.4, -0.2) is 58.1 Å². The van der Waals surface area contributed by atoms with Crippen molar-refractivity contribution in [1.82, 2.24) is 9.80 Å². The summed E-state index contributed by atoms with van der Waals surface area (Å²) in [5.41, 5.74) is 0.329. The highest BCUT2D eigenvalue weighted by Gasteiger charge is 2.45. The molecule has 2 heterocycles. The van der Waals surface area contributed by atoms with Gasteiger partial charge in [-0.3, -0.25) is 19.4 Å². The van der Waals surface area contributed by atoms with Crippen molar-refractivity contribution in [2.24, 2.45) is 11.3 Å². The fourth-order valence-corrected chi connectivity index (χ4v) is 5.28. The first-order chi connectivity index (χ1) is 15.2. The number of thioether (sulfide) groups is 1. The van der Waals surface area contributed by atoms with Crippen LogP contribution in [0.5, 0.6) is 0 Å². The lowest BCUT2D eigenvalue weighted by atomic mass is 9.73. The topological polar surface area (TPSA) is 76.1 Å². The molecule has 1 fully saturated rings. The zero-order valence-corrected chi connectivity index (χ0v) is 20.1. The monoisotopic (exact) mass is 474 g/mol. The van der Waals surface area contributed by atoms with Crippen LogP contribution < -0.4 is 0 Å². The number of ether oxygens (including phenoxy) is 2. The van der Waals surface area contributed by atoms with E-state index in [0.29, 0.717) is 16.5 Å². The van der Waals surface area contributed by atoms with Crippen molar-refractivity contribution in [2.75, 3.05) is 20.0 Å². The Hall–Kier alpha value is -2.65. The number of methoxy groups -OCH3 is 2. The number of hydrogen-bond donors (Lipinski definition) is 0. The second kappa shape index (κ2) is 9.87. The largest absolute Gasteiger partial charge is 0.469 e. The van der Waals surface area contributed by atoms with Crippen LogP contribution in [0.15, 0.2) is 54.4 Å². The molecule has 1 aromatic carbocycles. The summed E-state index contributed by atoms with van der Waals surface area (Å²) in [7, 11) is 2.57. The highest BCUT2D eigenvalue weighted by atomic mass is 32.2. The van der Waals surface area contributed by atoms with E-state index in [9.17, 15) is 14.4 Å². The summed E-state index contributed by atoms with van der Waals surface area (Å²) >= 11 is 6.97. The Bertz CT molecular complexity index is 974. The molecule has 170 valence electrons. The van der Waals surface area contributed by atoms with Crippen molar-refractivity contribution < 1.29 is 23.9 Å². The third-order valence-electron chi connectivity index (χ3n) is 5.67. The molecule has 0 radical (unpaired) electrons. The van der Waals surface area contributed by atoms with Crippen LogP contribution in [-0.2, 0) is 25.5 Å². The summed E-state index contributed by atoms with van der Waals surface area (Å²) in [6.07, 6.45) is 4.58. The van der Waals surface area contributed by atoms with E-state index in [0.717, 1.165) is 5.56 Å². The number of esters is 1. The molecule has 0 N–H and O–H groups in total. The van der Waals surface area contributed by atoms with Crippen LogP contribution in [0.2, 0.25) is 0 Å². The first kappa shape index (κ1) is 24.0. The normalized spacial score (nSPS) is 20.8. The van der Waals surface area contributed by atoms with Crippen molar-refractivity contribution in [1.29, 1.82) is 0 Å². The van der Waals surface area contributed by atoms with Gasteiger partial charge in [-0.25, -0.2) is 4.79 Å². The van der Waals surface area contributed by atoms with Gasteiger partial charge in [0.05, 0.1) is 25.7 Å². The molecule has 0 saturated carbocycles. The van der Waals surface area contributed by atoms with E-state index in [4.69, 9.17) is 21.7 Å². The highest BCUT2D eigenvalue weighted by Crippen LogP contribution is 2.40. The molecular weight excluding hydrogens is 448 g/mol. The van der Waals surface area contributed by atoms with Gasteiger partial charge >= 0.3 is 12.1 Å². The van der Waals surface area contributed by atoms with Crippen molar-refractivity contribution in [3.63, 3.8) is 0 Å². The Balaban J connectivity index is 1.97. The summed E-state index contributed by atoms with van der Waals surface area (Å²) in [4.78, 5) is 41.3. The number of nitrogens with zero attached hydrogens (tertiary/aromatic N) is 2. The SMILES string of the molecule is COC(=O)N1C=C[C@@H](C(C)(C)C(=O)OC)C(C(=O)N2C(=S)SC[C@@H]2Cc2ccccc2)=C1. The molecule has 1 aromatic rings. The lowest BCUT2D eigenvalue weighted by molar-refractivity contribution is -0.152. The minimum absolute atomic E-state index is 0.136. The second-order valence-electron chi connectivity index (χ2n) is 8.09. The molecule has 0 unspecified atom stereocenters. The smallest absolute Gasteiger partial charge is 0.417 e. The number of thiocarbonyl (C=S) groups is 1. The molecule has 2 aliphatic rings. The Morgan fingerprint density at radius 1 is 1.16 bits per heavy atom. The highest BCUT2D eigenvalue weighted by molar-refractivity contribution is 8.23. The number of carbonyl (C=O) groups excluding carboxylic acids is 3. The molecule has 2 atom stereocenters. The minimum Gasteiger partial charge on any atom is -0.469 e. The number of rotatable bonds is 5. The van der Waals surface area contributed by atoms with Crippen LogP contribution in [0, 0.1) is 11.3 Å². The molecule has 2 aliphatic heterocycles. The van der Waals surface area contributed by atoms with Crippen LogP contribution in [0.1, 0.15) is 19.4 Å². The number of carbonyl (C=O) groups is 3. The average molecular weight is 475 g/mol. The van der Waals surface area contributed by atoms with Gasteiger partial charge in [0, 0.05) is 29.6 Å². The summed E-state index contributed by atoms with van der Waals surface area (Å²) in [5, 5.41) is 0. The number of amides is 2. The van der Waals surface area contributed by atoms with E-state index in [1.165, 1.54) is 43.3 Å². The summed E-state index contributed by atoms with van der Waals surface area (Å²) in [6.45, 7) is 3.42. The summed E-state index contributed by atoms with van der Waals surface area (Å²) in [6, 6.07) is 9.75. The Kier molecular flexibility index (Phi) is 7.40. The summed E-state index contributed by atoms with van der Waals surface area (Å²) in [5.74, 6) is -0.735. The van der Waals surface area contributed by atoms with E-state index < -0.39 is 23.4 Å². The molecule has 0 bridgehead atoms. The van der Waals surface area contributed by atoms with E-state index in [-0.39, 0.29) is 17.5 Å². The number of benzene rings is 1. The molecule has 3 rings (SSSR count). The van der Waals surface area contributed by atoms with E-state index in [2.05, 4.69) is 0 Å². The van der Waals surface area contributed by atoms with E-state index in [1.54, 1.807) is 24.8 Å². The van der Waals surface area contributed by atoms with Crippen LogP contribution in [0.4, 0.5) is 4.79 Å². The predicted octanol–water partition coefficient (Wildman–Crippen LogP) is 3.75. The molecule has 9 heteroatoms. The molecule has 0 spiro atoms. The maximum Gasteiger partial charge on any atom is 0.417 e. The molecule has 32 heavy (non-hydrogen) atoms. The molecule has 1 saturated heterocycles. The standard InChI is InChI=1S/C23H26N2O5S2/c1-23(2,20(27)29-3)18-10-11-24(21(28)30-4)13-17(18)19(26)25-16(14-32-22(25)31)12-15-8-6-5-7-9-15/h5-11,13,16,18H,12,14H2,1-4H3/t16-,18+/m0/s1. The molecule has 7 nitrogen and oxygen atoms in total. The zero-order valence-electron chi connectivity index (χ0n) is 18.4. The Morgan fingerprint density at radius 3 is 2.47 bits per heavy atom. The first-order valence-electron chi connectivity index (χ1n) is 10.1. The zero-order chi connectivity index (χ0) is 23.5. The maximum absolute atomic E-state index is 13.8. The van der Waals surface area contributed by atoms with Gasteiger partial charge in [-0.05, 0) is 25.8 Å². The van der Waals surface area contributed by atoms with Crippen molar-refractivity contribution in [2.45, 2.75) is 26.3 Å². The van der Waals surface area contributed by atoms with Crippen LogP contribution in [0.3, 0.4) is 0 Å². The van der Waals surface area contributed by atoms with Gasteiger partial charge in [0.25, 0.3) is 5.91 Å². The lowest BCUT2D eigenvalue weighted by Gasteiger charge is -2.36. The minimum atomic E-state index is -1.04. The van der Waals surface area contributed by atoms with Gasteiger partial charge in [-0.1, -0.05) is 60.4 Å². The average Bonchev–Trinajstić information content (AvgIpc) is 3.17. The molecule has 0 aromatic heterocycles. The third-order valence-corrected chi connectivity index (χ3v) is 7.21. The summed E-state index contributed by atoms with van der Waals surface area (Å²) < 4.78 is 10.3. The molecule has 2 amide bonds. The Morgan fingerprint density at radius 2 is 1.84 bits per heavy atom. The van der Waals surface area contributed by atoms with Gasteiger partial charge in [0.2, 0.25) is 0 Å². The number of allylic oxidation sites excluding steroid dienone is 1. The maximum atomic E-state index is 13.8. The van der Waals surface area contributed by atoms with Gasteiger partial charge in [-0.15, -0.1) is 0 Å². The van der Waals surface area contributed by atoms with E-state index >= 15 is 0 Å². The Labute approximate surface area is 197 Å². The lowest BCUT2D eigenvalue weighted by Crippen LogP contribution is -2.46. The third kappa shape index (κ3) is 4.73. The first-order valence-corrected chi connectivity index (χ1v) is 11.5. The van der Waals surface area contributed by atoms with Gasteiger partial charge in [0.1, 0.15) is 4.32 Å². The van der Waals surface area contributed by atoms with Crippen molar-refractivity contribution in [3.8, 4) is 0 Å². The van der Waals surface area contributed by atoms with Crippen molar-refractivity contribution >= 4 is 46.3 Å². The van der Waals surface area contributed by atoms with Crippen LogP contribution in [0.25, 0.3) is 0 Å². The van der Waals surface area contributed by atoms with Crippen molar-refractivity contribution in [3.05, 3.63) is 59.9 Å². The van der Waals surface area contributed by atoms with Gasteiger partial charge in [0.15, 0.2) is 0 Å². The van der Waals surface area contributed by atoms with Gasteiger partial charge < -0.3 is 9.47 Å². The molecular formula is C23H26N2O5S2. The van der Waals surface area contributed by atoms with E-state index in [1.807, 2.05) is 30.3 Å². The molecule has 0 aliphatic carbocycles.